The zero-order valence-electron chi connectivity index (χ0n) is 10.0. The molecule has 0 N–H and O–H groups in total. The van der Waals surface area contributed by atoms with Gasteiger partial charge in [0.15, 0.2) is 5.75 Å². The summed E-state index contributed by atoms with van der Waals surface area (Å²) in [6.45, 7) is 0.542. The summed E-state index contributed by atoms with van der Waals surface area (Å²) in [5, 5.41) is 3.91. The highest BCUT2D eigenvalue weighted by molar-refractivity contribution is 6.55. The van der Waals surface area contributed by atoms with Crippen molar-refractivity contribution >= 4 is 46.4 Å². The first-order valence-corrected chi connectivity index (χ1v) is 6.82. The fourth-order valence-corrected chi connectivity index (χ4v) is 1.89. The monoisotopic (exact) mass is 355 g/mol. The Kier molecular flexibility index (Phi) is 7.73. The number of ether oxygens (including phenoxy) is 2. The summed E-state index contributed by atoms with van der Waals surface area (Å²) >= 11 is 23.0. The van der Waals surface area contributed by atoms with E-state index in [9.17, 15) is 0 Å². The summed E-state index contributed by atoms with van der Waals surface area (Å²) < 4.78 is 10.8. The molecule has 0 atom stereocenters. The van der Waals surface area contributed by atoms with Crippen molar-refractivity contribution in [3.05, 3.63) is 43.2 Å². The number of rotatable bonds is 7. The maximum atomic E-state index is 8.14. The Balaban J connectivity index is 2.70. The minimum absolute atomic E-state index is 0.111. The smallest absolute Gasteiger partial charge is 0.156 e. The van der Waals surface area contributed by atoms with Gasteiger partial charge in [-0.15, -0.1) is 0 Å². The van der Waals surface area contributed by atoms with Crippen LogP contribution in [0.2, 0.25) is 10.0 Å². The molecule has 20 heavy (non-hydrogen) atoms. The van der Waals surface area contributed by atoms with Gasteiger partial charge >= 0.3 is 0 Å². The molecule has 0 aliphatic carbocycles. The standard InChI is InChI=1S/C11H9Cl4N3O2/c12-8-5-7(19-3-1-10(14)15)6-9(13)11(8)20-4-2-17-18-16/h1,5-6H,2-4H2. The molecule has 108 valence electrons. The molecular weight excluding hydrogens is 348 g/mol. The number of hydrogen-bond acceptors (Lipinski definition) is 3. The summed E-state index contributed by atoms with van der Waals surface area (Å²) in [5.74, 6) is 0.757. The maximum Gasteiger partial charge on any atom is 0.156 e. The minimum atomic E-state index is 0.111. The van der Waals surface area contributed by atoms with E-state index >= 15 is 0 Å². The molecule has 1 rings (SSSR count). The topological polar surface area (TPSA) is 67.2 Å². The fraction of sp³-hybridized carbons (Fsp3) is 0.273. The van der Waals surface area contributed by atoms with Gasteiger partial charge in [-0.1, -0.05) is 51.5 Å². The second-order valence-electron chi connectivity index (χ2n) is 3.32. The number of halogens is 4. The molecule has 0 bridgehead atoms. The largest absolute Gasteiger partial charge is 0.490 e. The number of azide groups is 1. The van der Waals surface area contributed by atoms with E-state index in [0.29, 0.717) is 11.5 Å². The predicted octanol–water partition coefficient (Wildman–Crippen LogP) is 5.38. The molecule has 0 fully saturated rings. The van der Waals surface area contributed by atoms with Crippen LogP contribution in [-0.2, 0) is 0 Å². The van der Waals surface area contributed by atoms with Crippen LogP contribution in [0, 0.1) is 0 Å². The van der Waals surface area contributed by atoms with Crippen LogP contribution in [0.4, 0.5) is 0 Å². The highest BCUT2D eigenvalue weighted by atomic mass is 35.5. The average molecular weight is 357 g/mol. The van der Waals surface area contributed by atoms with Gasteiger partial charge in [-0.05, 0) is 11.6 Å². The molecule has 5 nitrogen and oxygen atoms in total. The second kappa shape index (κ2) is 9.06. The Hall–Kier alpha value is -0.970. The Bertz CT molecular complexity index is 517. The van der Waals surface area contributed by atoms with Gasteiger partial charge in [0.25, 0.3) is 0 Å². The first-order valence-electron chi connectivity index (χ1n) is 5.31. The molecule has 9 heteroatoms. The second-order valence-corrected chi connectivity index (χ2v) is 5.15. The first kappa shape index (κ1) is 17.1. The maximum absolute atomic E-state index is 8.14. The molecule has 1 aromatic carbocycles. The van der Waals surface area contributed by atoms with Crippen molar-refractivity contribution in [3.63, 3.8) is 0 Å². The normalized spacial score (nSPS) is 9.60. The van der Waals surface area contributed by atoms with Gasteiger partial charge in [0.2, 0.25) is 0 Å². The average Bonchev–Trinajstić information content (AvgIpc) is 2.36. The van der Waals surface area contributed by atoms with E-state index in [1.807, 2.05) is 0 Å². The lowest BCUT2D eigenvalue weighted by Crippen LogP contribution is -2.02. The molecule has 0 unspecified atom stereocenters. The lowest BCUT2D eigenvalue weighted by molar-refractivity contribution is 0.326. The lowest BCUT2D eigenvalue weighted by Gasteiger charge is -2.11. The van der Waals surface area contributed by atoms with Crippen molar-refractivity contribution < 1.29 is 9.47 Å². The van der Waals surface area contributed by atoms with Gasteiger partial charge in [0.05, 0.1) is 23.2 Å². The highest BCUT2D eigenvalue weighted by Gasteiger charge is 2.10. The van der Waals surface area contributed by atoms with Crippen LogP contribution in [0.25, 0.3) is 10.4 Å². The van der Waals surface area contributed by atoms with Crippen LogP contribution < -0.4 is 9.47 Å². The SMILES string of the molecule is [N-]=[N+]=NCCOc1c(Cl)cc(OCC=C(Cl)Cl)cc1Cl. The minimum Gasteiger partial charge on any atom is -0.490 e. The number of nitrogens with zero attached hydrogens (tertiary/aromatic N) is 3. The molecule has 0 aromatic heterocycles. The summed E-state index contributed by atoms with van der Waals surface area (Å²) in [6.07, 6.45) is 1.48. The number of hydrogen-bond donors (Lipinski definition) is 0. The van der Waals surface area contributed by atoms with Crippen molar-refractivity contribution in [3.8, 4) is 11.5 Å². The van der Waals surface area contributed by atoms with E-state index in [0.717, 1.165) is 0 Å². The van der Waals surface area contributed by atoms with Crippen LogP contribution in [-0.4, -0.2) is 19.8 Å². The molecule has 0 spiro atoms. The van der Waals surface area contributed by atoms with Gasteiger partial charge in [-0.2, -0.15) is 0 Å². The summed E-state index contributed by atoms with van der Waals surface area (Å²) in [4.78, 5) is 2.61. The Morgan fingerprint density at radius 2 is 1.90 bits per heavy atom. The van der Waals surface area contributed by atoms with Crippen LogP contribution in [0.1, 0.15) is 0 Å². The summed E-state index contributed by atoms with van der Waals surface area (Å²) in [7, 11) is 0. The van der Waals surface area contributed by atoms with Crippen molar-refractivity contribution in [2.45, 2.75) is 0 Å². The number of benzene rings is 1. The molecule has 0 saturated carbocycles. The third kappa shape index (κ3) is 5.99. The van der Waals surface area contributed by atoms with E-state index in [1.165, 1.54) is 6.08 Å². The van der Waals surface area contributed by atoms with Gasteiger partial charge in [0.1, 0.15) is 16.8 Å². The lowest BCUT2D eigenvalue weighted by atomic mass is 10.3. The zero-order valence-corrected chi connectivity index (χ0v) is 13.0. The summed E-state index contributed by atoms with van der Waals surface area (Å²) in [5.41, 5.74) is 8.14. The van der Waals surface area contributed by atoms with Crippen molar-refractivity contribution in [1.29, 1.82) is 0 Å². The van der Waals surface area contributed by atoms with E-state index in [-0.39, 0.29) is 34.3 Å². The van der Waals surface area contributed by atoms with E-state index in [2.05, 4.69) is 10.0 Å². The van der Waals surface area contributed by atoms with Crippen LogP contribution in [0.3, 0.4) is 0 Å². The first-order chi connectivity index (χ1) is 9.54. The van der Waals surface area contributed by atoms with E-state index in [4.69, 9.17) is 61.4 Å². The van der Waals surface area contributed by atoms with E-state index in [1.54, 1.807) is 12.1 Å². The van der Waals surface area contributed by atoms with Crippen molar-refractivity contribution in [1.82, 2.24) is 0 Å². The molecule has 0 aliphatic rings. The third-order valence-corrected chi connectivity index (χ3v) is 2.83. The molecule has 1 aromatic rings. The Morgan fingerprint density at radius 1 is 1.25 bits per heavy atom. The predicted molar refractivity (Wildman–Crippen MR) is 81.3 cm³/mol. The zero-order chi connectivity index (χ0) is 15.0. The van der Waals surface area contributed by atoms with Crippen LogP contribution in [0.15, 0.2) is 27.8 Å². The molecule has 0 amide bonds. The quantitative estimate of drug-likeness (QED) is 0.285. The van der Waals surface area contributed by atoms with E-state index < -0.39 is 0 Å². The molecule has 0 aliphatic heterocycles. The highest BCUT2D eigenvalue weighted by Crippen LogP contribution is 2.36. The van der Waals surface area contributed by atoms with Gasteiger partial charge in [-0.25, -0.2) is 0 Å². The molecular formula is C11H9Cl4N3O2. The summed E-state index contributed by atoms with van der Waals surface area (Å²) in [6, 6.07) is 3.10. The van der Waals surface area contributed by atoms with Crippen LogP contribution in [0.5, 0.6) is 11.5 Å². The van der Waals surface area contributed by atoms with Crippen molar-refractivity contribution in [2.24, 2.45) is 5.11 Å². The van der Waals surface area contributed by atoms with Gasteiger partial charge in [0, 0.05) is 17.0 Å². The molecule has 0 saturated heterocycles. The van der Waals surface area contributed by atoms with Gasteiger partial charge < -0.3 is 9.47 Å². The Labute approximate surface area is 135 Å². The molecule has 0 radical (unpaired) electrons. The fourth-order valence-electron chi connectivity index (χ4n) is 1.19. The molecule has 0 heterocycles. The van der Waals surface area contributed by atoms with Crippen molar-refractivity contribution in [2.75, 3.05) is 19.8 Å². The third-order valence-electron chi connectivity index (χ3n) is 1.96. The van der Waals surface area contributed by atoms with Gasteiger partial charge in [-0.3, -0.25) is 0 Å². The van der Waals surface area contributed by atoms with Crippen LogP contribution >= 0.6 is 46.4 Å². The Morgan fingerprint density at radius 3 is 2.45 bits per heavy atom.